The lowest BCUT2D eigenvalue weighted by Crippen LogP contribution is -2.30. The van der Waals surface area contributed by atoms with Crippen LogP contribution < -0.4 is 4.90 Å². The molecule has 1 unspecified atom stereocenters. The molecule has 7 heteroatoms. The molecule has 5 nitrogen and oxygen atoms in total. The van der Waals surface area contributed by atoms with Crippen molar-refractivity contribution in [2.75, 3.05) is 4.90 Å². The number of nitrogens with zero attached hydrogens (tertiary/aromatic N) is 2. The van der Waals surface area contributed by atoms with Crippen LogP contribution >= 0.6 is 22.7 Å². The van der Waals surface area contributed by atoms with Gasteiger partial charge in [-0.05, 0) is 47.0 Å². The lowest BCUT2D eigenvalue weighted by molar-refractivity contribution is -0.118. The first-order chi connectivity index (χ1) is 16.4. The van der Waals surface area contributed by atoms with Gasteiger partial charge in [-0.15, -0.1) is 11.3 Å². The number of fused-ring (bicyclic) bond motifs is 1. The second-order valence-electron chi connectivity index (χ2n) is 8.64. The molecule has 1 atom stereocenters. The minimum absolute atomic E-state index is 0.158. The van der Waals surface area contributed by atoms with E-state index in [-0.39, 0.29) is 17.8 Å². The van der Waals surface area contributed by atoms with Crippen LogP contribution in [0.2, 0.25) is 0 Å². The number of aliphatic hydroxyl groups is 1. The number of anilines is 1. The van der Waals surface area contributed by atoms with Crippen molar-refractivity contribution in [3.63, 3.8) is 0 Å². The first kappa shape index (κ1) is 22.5. The lowest BCUT2D eigenvalue weighted by Gasteiger charge is -2.23. The van der Waals surface area contributed by atoms with Crippen molar-refractivity contribution in [3.05, 3.63) is 93.4 Å². The van der Waals surface area contributed by atoms with E-state index in [1.54, 1.807) is 0 Å². The summed E-state index contributed by atoms with van der Waals surface area (Å²) in [6.07, 6.45) is 0.755. The molecular formula is C27H24N2O3S2. The van der Waals surface area contributed by atoms with Gasteiger partial charge in [0.15, 0.2) is 16.7 Å². The molecule has 0 spiro atoms. The van der Waals surface area contributed by atoms with Gasteiger partial charge in [0.25, 0.3) is 5.91 Å². The van der Waals surface area contributed by atoms with Crippen LogP contribution in [0.3, 0.4) is 0 Å². The number of amides is 1. The van der Waals surface area contributed by atoms with Crippen LogP contribution in [-0.2, 0) is 16.0 Å². The number of aryl methyl sites for hydroxylation is 1. The minimum atomic E-state index is -0.680. The van der Waals surface area contributed by atoms with Crippen LogP contribution in [0.1, 0.15) is 48.2 Å². The largest absolute Gasteiger partial charge is 0.503 e. The van der Waals surface area contributed by atoms with Gasteiger partial charge >= 0.3 is 0 Å². The van der Waals surface area contributed by atoms with Crippen molar-refractivity contribution in [3.8, 4) is 0 Å². The van der Waals surface area contributed by atoms with Crippen LogP contribution in [0, 0.1) is 0 Å². The molecule has 0 saturated heterocycles. The highest BCUT2D eigenvalue weighted by Gasteiger charge is 2.45. The number of thiophene rings is 1. The minimum Gasteiger partial charge on any atom is -0.503 e. The van der Waals surface area contributed by atoms with E-state index in [1.165, 1.54) is 33.1 Å². The predicted molar refractivity (Wildman–Crippen MR) is 138 cm³/mol. The fraction of sp³-hybridized carbons (Fsp3) is 0.222. The third-order valence-electron chi connectivity index (χ3n) is 6.08. The maximum atomic E-state index is 13.3. The molecule has 5 rings (SSSR count). The fourth-order valence-electron chi connectivity index (χ4n) is 4.23. The maximum absolute atomic E-state index is 13.3. The van der Waals surface area contributed by atoms with Gasteiger partial charge < -0.3 is 5.11 Å². The number of carbonyl (C=O) groups excluding carboxylic acids is 2. The standard InChI is InChI=1S/C27H24N2O3S2/c1-16(2)18-11-12-19-22(15-18)34-27(28-19)29-24(21-9-6-14-33-21)23(25(31)26(29)32)20(30)13-10-17-7-4-3-5-8-17/h3-9,11-12,14-16,24,31H,10,13H2,1-2H3. The molecule has 1 aliphatic rings. The van der Waals surface area contributed by atoms with E-state index in [9.17, 15) is 14.7 Å². The summed E-state index contributed by atoms with van der Waals surface area (Å²) < 4.78 is 0.974. The Morgan fingerprint density at radius 2 is 1.91 bits per heavy atom. The third-order valence-corrected chi connectivity index (χ3v) is 8.02. The lowest BCUT2D eigenvalue weighted by atomic mass is 9.97. The Morgan fingerprint density at radius 1 is 1.12 bits per heavy atom. The van der Waals surface area contributed by atoms with Crippen LogP contribution in [0.5, 0.6) is 0 Å². The van der Waals surface area contributed by atoms with E-state index < -0.39 is 17.7 Å². The van der Waals surface area contributed by atoms with Gasteiger partial charge in [-0.1, -0.05) is 67.6 Å². The van der Waals surface area contributed by atoms with Crippen molar-refractivity contribution in [1.29, 1.82) is 0 Å². The van der Waals surface area contributed by atoms with Gasteiger partial charge in [0.05, 0.1) is 15.8 Å². The molecule has 34 heavy (non-hydrogen) atoms. The second-order valence-corrected chi connectivity index (χ2v) is 10.6. The fourth-order valence-corrected chi connectivity index (χ4v) is 6.10. The van der Waals surface area contributed by atoms with E-state index >= 15 is 0 Å². The zero-order valence-electron chi connectivity index (χ0n) is 18.9. The number of hydrogen-bond acceptors (Lipinski definition) is 6. The van der Waals surface area contributed by atoms with Crippen LogP contribution in [-0.4, -0.2) is 21.8 Å². The molecule has 0 fully saturated rings. The Morgan fingerprint density at radius 3 is 2.62 bits per heavy atom. The predicted octanol–water partition coefficient (Wildman–Crippen LogP) is 6.58. The topological polar surface area (TPSA) is 70.5 Å². The molecule has 0 bridgehead atoms. The number of thiazole rings is 1. The summed E-state index contributed by atoms with van der Waals surface area (Å²) in [5, 5.41) is 13.3. The molecule has 4 aromatic rings. The van der Waals surface area contributed by atoms with Crippen LogP contribution in [0.15, 0.2) is 77.4 Å². The molecule has 0 radical (unpaired) electrons. The second kappa shape index (κ2) is 9.16. The molecule has 2 aromatic heterocycles. The average molecular weight is 489 g/mol. The molecule has 172 valence electrons. The number of aliphatic hydroxyl groups excluding tert-OH is 1. The van der Waals surface area contributed by atoms with Crippen molar-refractivity contribution >= 4 is 49.7 Å². The SMILES string of the molecule is CC(C)c1ccc2nc(N3C(=O)C(O)=C(C(=O)CCc4ccccc4)C3c3cccs3)sc2c1. The first-order valence-electron chi connectivity index (χ1n) is 11.2. The number of aromatic nitrogens is 1. The van der Waals surface area contributed by atoms with Crippen LogP contribution in [0.4, 0.5) is 5.13 Å². The van der Waals surface area contributed by atoms with E-state index in [4.69, 9.17) is 4.98 Å². The van der Waals surface area contributed by atoms with Crippen molar-refractivity contribution in [2.45, 2.75) is 38.6 Å². The van der Waals surface area contributed by atoms with Crippen LogP contribution in [0.25, 0.3) is 10.2 Å². The molecule has 0 aliphatic carbocycles. The van der Waals surface area contributed by atoms with Gasteiger partial charge in [0, 0.05) is 11.3 Å². The highest BCUT2D eigenvalue weighted by atomic mass is 32.1. The molecule has 1 aliphatic heterocycles. The summed E-state index contributed by atoms with van der Waals surface area (Å²) in [6.45, 7) is 4.27. The Labute approximate surface area is 206 Å². The molecule has 2 aromatic carbocycles. The zero-order valence-corrected chi connectivity index (χ0v) is 20.5. The number of carbonyl (C=O) groups is 2. The van der Waals surface area contributed by atoms with Crippen molar-refractivity contribution in [2.24, 2.45) is 0 Å². The Hall–Kier alpha value is -3.29. The van der Waals surface area contributed by atoms with Gasteiger partial charge in [0.2, 0.25) is 0 Å². The summed E-state index contributed by atoms with van der Waals surface area (Å²) >= 11 is 2.86. The summed E-state index contributed by atoms with van der Waals surface area (Å²) in [6, 6.07) is 18.9. The zero-order chi connectivity index (χ0) is 23.8. The van der Waals surface area contributed by atoms with Gasteiger partial charge in [-0.25, -0.2) is 4.98 Å². The van der Waals surface area contributed by atoms with Crippen molar-refractivity contribution in [1.82, 2.24) is 4.98 Å². The van der Waals surface area contributed by atoms with Crippen molar-refractivity contribution < 1.29 is 14.7 Å². The van der Waals surface area contributed by atoms with E-state index in [0.717, 1.165) is 20.7 Å². The average Bonchev–Trinajstić information content (AvgIpc) is 3.56. The van der Waals surface area contributed by atoms with Gasteiger partial charge in [0.1, 0.15) is 6.04 Å². The van der Waals surface area contributed by atoms with Gasteiger partial charge in [-0.3, -0.25) is 14.5 Å². The summed E-state index contributed by atoms with van der Waals surface area (Å²) in [4.78, 5) is 33.6. The summed E-state index contributed by atoms with van der Waals surface area (Å²) in [5.74, 6) is -0.899. The normalized spacial score (nSPS) is 16.3. The number of hydrogen-bond donors (Lipinski definition) is 1. The quantitative estimate of drug-likeness (QED) is 0.319. The van der Waals surface area contributed by atoms with Gasteiger partial charge in [-0.2, -0.15) is 0 Å². The van der Waals surface area contributed by atoms with E-state index in [1.807, 2.05) is 60.0 Å². The molecular weight excluding hydrogens is 464 g/mol. The van der Waals surface area contributed by atoms with E-state index in [0.29, 0.717) is 17.5 Å². The number of ketones is 1. The number of benzene rings is 2. The summed E-state index contributed by atoms with van der Waals surface area (Å²) in [7, 11) is 0. The Kier molecular flexibility index (Phi) is 6.06. The highest BCUT2D eigenvalue weighted by Crippen LogP contribution is 2.45. The molecule has 0 saturated carbocycles. The Balaban J connectivity index is 1.52. The molecule has 1 N–H and O–H groups in total. The Bertz CT molecular complexity index is 1390. The molecule has 3 heterocycles. The molecule has 1 amide bonds. The first-order valence-corrected chi connectivity index (χ1v) is 12.9. The number of Topliss-reactive ketones (excluding diaryl/α,β-unsaturated/α-hetero) is 1. The maximum Gasteiger partial charge on any atom is 0.296 e. The smallest absolute Gasteiger partial charge is 0.296 e. The third kappa shape index (κ3) is 4.06. The monoisotopic (exact) mass is 488 g/mol. The van der Waals surface area contributed by atoms with E-state index in [2.05, 4.69) is 19.9 Å². The highest BCUT2D eigenvalue weighted by molar-refractivity contribution is 7.22. The summed E-state index contributed by atoms with van der Waals surface area (Å²) in [5.41, 5.74) is 3.19. The number of rotatable bonds is 7.